The van der Waals surface area contributed by atoms with Gasteiger partial charge in [-0.05, 0) is 30.7 Å². The van der Waals surface area contributed by atoms with Crippen LogP contribution in [0.5, 0.6) is 0 Å². The molecule has 0 amide bonds. The number of anilines is 1. The first-order valence-electron chi connectivity index (χ1n) is 5.73. The highest BCUT2D eigenvalue weighted by molar-refractivity contribution is 9.10. The topological polar surface area (TPSA) is 56.7 Å². The molecule has 0 saturated heterocycles. The second-order valence-electron chi connectivity index (χ2n) is 4.32. The molecule has 0 aliphatic rings. The van der Waals surface area contributed by atoms with Gasteiger partial charge in [-0.1, -0.05) is 15.9 Å². The number of benzene rings is 1. The van der Waals surface area contributed by atoms with Gasteiger partial charge in [0, 0.05) is 10.7 Å². The minimum atomic E-state index is -0.744. The van der Waals surface area contributed by atoms with Crippen LogP contribution in [-0.4, -0.2) is 14.5 Å². The van der Waals surface area contributed by atoms with Crippen LogP contribution in [0.1, 0.15) is 5.56 Å². The molecule has 0 aliphatic heterocycles. The number of aromatic nitrogens is 3. The van der Waals surface area contributed by atoms with E-state index in [0.717, 1.165) is 5.56 Å². The number of nitrogens with zero attached hydrogens (tertiary/aromatic N) is 3. The monoisotopic (exact) mass is 338 g/mol. The maximum Gasteiger partial charge on any atom is 0.207 e. The Labute approximate surface area is 121 Å². The quantitative estimate of drug-likeness (QED) is 0.740. The number of hydrogen-bond acceptors (Lipinski definition) is 3. The lowest BCUT2D eigenvalue weighted by molar-refractivity contribution is 0.570. The maximum absolute atomic E-state index is 14.1. The summed E-state index contributed by atoms with van der Waals surface area (Å²) in [5, 5.41) is 0. The van der Waals surface area contributed by atoms with Crippen molar-refractivity contribution in [1.29, 1.82) is 0 Å². The Morgan fingerprint density at radius 3 is 2.55 bits per heavy atom. The van der Waals surface area contributed by atoms with Crippen LogP contribution in [0, 0.1) is 18.6 Å². The van der Waals surface area contributed by atoms with Crippen molar-refractivity contribution in [1.82, 2.24) is 14.5 Å². The molecule has 2 heterocycles. The SMILES string of the molecule is Cc1ccnc2c1nc(N)n2-c1c(F)cc(Br)cc1F. The van der Waals surface area contributed by atoms with Gasteiger partial charge in [-0.15, -0.1) is 0 Å². The number of imidazole rings is 1. The summed E-state index contributed by atoms with van der Waals surface area (Å²) in [5.74, 6) is -1.50. The second kappa shape index (κ2) is 4.52. The highest BCUT2D eigenvalue weighted by Gasteiger charge is 2.19. The van der Waals surface area contributed by atoms with Crippen LogP contribution in [0.15, 0.2) is 28.9 Å². The van der Waals surface area contributed by atoms with Gasteiger partial charge in [-0.25, -0.2) is 18.7 Å². The first kappa shape index (κ1) is 13.0. The van der Waals surface area contributed by atoms with E-state index in [9.17, 15) is 8.78 Å². The summed E-state index contributed by atoms with van der Waals surface area (Å²) in [6.07, 6.45) is 1.55. The molecule has 0 spiro atoms. The Morgan fingerprint density at radius 1 is 1.25 bits per heavy atom. The Balaban J connectivity index is 2.42. The molecule has 7 heteroatoms. The van der Waals surface area contributed by atoms with Gasteiger partial charge < -0.3 is 5.73 Å². The van der Waals surface area contributed by atoms with E-state index in [1.165, 1.54) is 16.7 Å². The van der Waals surface area contributed by atoms with Gasteiger partial charge in [0.05, 0.1) is 0 Å². The Morgan fingerprint density at radius 2 is 1.90 bits per heavy atom. The summed E-state index contributed by atoms with van der Waals surface area (Å²) >= 11 is 3.04. The standard InChI is InChI=1S/C13H9BrF2N4/c1-6-2-3-18-12-10(6)19-13(17)20(12)11-8(15)4-7(14)5-9(11)16/h2-5H,1H3,(H2,17,19). The molecule has 0 fully saturated rings. The number of nitrogens with two attached hydrogens (primary N) is 1. The summed E-state index contributed by atoms with van der Waals surface area (Å²) in [7, 11) is 0. The molecule has 3 aromatic rings. The van der Waals surface area contributed by atoms with Crippen molar-refractivity contribution in [2.75, 3.05) is 5.73 Å². The fourth-order valence-corrected chi connectivity index (χ4v) is 2.48. The molecule has 4 nitrogen and oxygen atoms in total. The van der Waals surface area contributed by atoms with Crippen LogP contribution >= 0.6 is 15.9 Å². The third-order valence-corrected chi connectivity index (χ3v) is 3.44. The Kier molecular flexibility index (Phi) is 2.93. The lowest BCUT2D eigenvalue weighted by Crippen LogP contribution is -2.06. The van der Waals surface area contributed by atoms with Crippen LogP contribution in [0.2, 0.25) is 0 Å². The lowest BCUT2D eigenvalue weighted by Gasteiger charge is -2.09. The maximum atomic E-state index is 14.1. The number of rotatable bonds is 1. The normalized spacial score (nSPS) is 11.2. The summed E-state index contributed by atoms with van der Waals surface area (Å²) < 4.78 is 29.7. The molecule has 0 atom stereocenters. The third-order valence-electron chi connectivity index (χ3n) is 2.98. The van der Waals surface area contributed by atoms with Gasteiger partial charge in [0.2, 0.25) is 5.95 Å². The minimum absolute atomic E-state index is 0.0121. The van der Waals surface area contributed by atoms with E-state index in [2.05, 4.69) is 25.9 Å². The molecule has 1 aromatic carbocycles. The second-order valence-corrected chi connectivity index (χ2v) is 5.24. The van der Waals surface area contributed by atoms with E-state index >= 15 is 0 Å². The van der Waals surface area contributed by atoms with Gasteiger partial charge in [0.25, 0.3) is 0 Å². The van der Waals surface area contributed by atoms with Gasteiger partial charge in [0.1, 0.15) is 11.2 Å². The van der Waals surface area contributed by atoms with E-state index in [1.54, 1.807) is 12.3 Å². The lowest BCUT2D eigenvalue weighted by atomic mass is 10.2. The van der Waals surface area contributed by atoms with Crippen molar-refractivity contribution >= 4 is 33.0 Å². The number of nitrogen functional groups attached to an aromatic ring is 1. The minimum Gasteiger partial charge on any atom is -0.369 e. The molecule has 0 radical (unpaired) electrons. The van der Waals surface area contributed by atoms with Crippen LogP contribution in [0.4, 0.5) is 14.7 Å². The van der Waals surface area contributed by atoms with Gasteiger partial charge in [0.15, 0.2) is 17.3 Å². The first-order valence-corrected chi connectivity index (χ1v) is 6.53. The van der Waals surface area contributed by atoms with Crippen molar-refractivity contribution in [3.63, 3.8) is 0 Å². The van der Waals surface area contributed by atoms with E-state index in [-0.39, 0.29) is 11.6 Å². The highest BCUT2D eigenvalue weighted by atomic mass is 79.9. The van der Waals surface area contributed by atoms with Crippen LogP contribution < -0.4 is 5.73 Å². The number of fused-ring (bicyclic) bond motifs is 1. The van der Waals surface area contributed by atoms with Crippen LogP contribution in [-0.2, 0) is 0 Å². The number of pyridine rings is 1. The zero-order chi connectivity index (χ0) is 14.4. The zero-order valence-corrected chi connectivity index (χ0v) is 11.9. The molecule has 2 N–H and O–H groups in total. The molecule has 20 heavy (non-hydrogen) atoms. The zero-order valence-electron chi connectivity index (χ0n) is 10.4. The predicted octanol–water partition coefficient (Wildman–Crippen LogP) is 3.35. The molecular weight excluding hydrogens is 330 g/mol. The van der Waals surface area contributed by atoms with Crippen molar-refractivity contribution in [2.24, 2.45) is 0 Å². The Hall–Kier alpha value is -2.02. The van der Waals surface area contributed by atoms with Gasteiger partial charge >= 0.3 is 0 Å². The van der Waals surface area contributed by atoms with Crippen molar-refractivity contribution < 1.29 is 8.78 Å². The van der Waals surface area contributed by atoms with Crippen molar-refractivity contribution in [3.8, 4) is 5.69 Å². The van der Waals surface area contributed by atoms with Crippen molar-refractivity contribution in [2.45, 2.75) is 6.92 Å². The molecule has 102 valence electrons. The average Bonchev–Trinajstić information content (AvgIpc) is 2.67. The first-order chi connectivity index (χ1) is 9.49. The summed E-state index contributed by atoms with van der Waals surface area (Å²) in [4.78, 5) is 8.25. The summed E-state index contributed by atoms with van der Waals surface area (Å²) in [6.45, 7) is 1.83. The van der Waals surface area contributed by atoms with E-state index in [0.29, 0.717) is 15.6 Å². The average molecular weight is 339 g/mol. The molecule has 0 saturated carbocycles. The smallest absolute Gasteiger partial charge is 0.207 e. The summed E-state index contributed by atoms with van der Waals surface area (Å²) in [6, 6.07) is 4.09. The third kappa shape index (κ3) is 1.85. The molecule has 0 aliphatic carbocycles. The highest BCUT2D eigenvalue weighted by Crippen LogP contribution is 2.28. The number of aryl methyl sites for hydroxylation is 1. The van der Waals surface area contributed by atoms with Gasteiger partial charge in [-0.2, -0.15) is 0 Å². The van der Waals surface area contributed by atoms with Crippen molar-refractivity contribution in [3.05, 3.63) is 46.1 Å². The fraction of sp³-hybridized carbons (Fsp3) is 0.0769. The van der Waals surface area contributed by atoms with Gasteiger partial charge in [-0.3, -0.25) is 4.57 Å². The summed E-state index contributed by atoms with van der Waals surface area (Å²) in [5.41, 5.74) is 7.18. The molecule has 3 rings (SSSR count). The van der Waals surface area contributed by atoms with E-state index in [1.807, 2.05) is 6.92 Å². The molecular formula is C13H9BrF2N4. The molecule has 2 aromatic heterocycles. The fourth-order valence-electron chi connectivity index (χ4n) is 2.08. The number of halogens is 3. The molecule has 0 bridgehead atoms. The largest absolute Gasteiger partial charge is 0.369 e. The van der Waals surface area contributed by atoms with Crippen LogP contribution in [0.25, 0.3) is 16.9 Å². The predicted molar refractivity (Wildman–Crippen MR) is 75.6 cm³/mol. The van der Waals surface area contributed by atoms with Crippen LogP contribution in [0.3, 0.4) is 0 Å². The van der Waals surface area contributed by atoms with E-state index in [4.69, 9.17) is 5.73 Å². The Bertz CT molecular complexity index is 806. The van der Waals surface area contributed by atoms with E-state index < -0.39 is 11.6 Å². The molecule has 0 unspecified atom stereocenters. The number of hydrogen-bond donors (Lipinski definition) is 1.